The Bertz CT molecular complexity index is 701. The molecule has 0 saturated heterocycles. The van der Waals surface area contributed by atoms with Crippen molar-refractivity contribution in [2.45, 2.75) is 31.6 Å². The fourth-order valence-electron chi connectivity index (χ4n) is 2.35. The molecule has 0 saturated carbocycles. The number of para-hydroxylation sites is 1. The van der Waals surface area contributed by atoms with Crippen LogP contribution in [0.3, 0.4) is 0 Å². The third-order valence-corrected chi connectivity index (χ3v) is 4.99. The molecular weight excluding hydrogens is 288 g/mol. The summed E-state index contributed by atoms with van der Waals surface area (Å²) in [5, 5.41) is 9.93. The van der Waals surface area contributed by atoms with Crippen LogP contribution in [0.15, 0.2) is 36.5 Å². The van der Waals surface area contributed by atoms with Crippen LogP contribution >= 0.6 is 0 Å². The zero-order chi connectivity index (χ0) is 15.3. The van der Waals surface area contributed by atoms with Gasteiger partial charge in [-0.05, 0) is 24.1 Å². The Morgan fingerprint density at radius 2 is 2.10 bits per heavy atom. The van der Waals surface area contributed by atoms with Gasteiger partial charge in [-0.15, -0.1) is 0 Å². The van der Waals surface area contributed by atoms with Crippen molar-refractivity contribution in [3.05, 3.63) is 42.1 Å². The molecule has 0 aliphatic carbocycles. The van der Waals surface area contributed by atoms with E-state index >= 15 is 0 Å². The van der Waals surface area contributed by atoms with Crippen molar-refractivity contribution >= 4 is 20.7 Å². The average Bonchev–Trinajstić information content (AvgIpc) is 2.46. The van der Waals surface area contributed by atoms with Crippen molar-refractivity contribution in [3.63, 3.8) is 0 Å². The van der Waals surface area contributed by atoms with Crippen molar-refractivity contribution < 1.29 is 13.6 Å². The predicted octanol–water partition coefficient (Wildman–Crippen LogP) is 2.30. The minimum Gasteiger partial charge on any atom is -0.317 e. The molecule has 5 nitrogen and oxygen atoms in total. The second-order valence-corrected chi connectivity index (χ2v) is 7.31. The van der Waals surface area contributed by atoms with Crippen molar-refractivity contribution in [3.8, 4) is 0 Å². The largest absolute Gasteiger partial charge is 0.317 e. The Balaban J connectivity index is 2.14. The molecule has 2 rings (SSSR count). The Morgan fingerprint density at radius 1 is 1.33 bits per heavy atom. The lowest BCUT2D eigenvalue weighted by Gasteiger charge is -2.14. The maximum atomic E-state index is 12.2. The van der Waals surface area contributed by atoms with Gasteiger partial charge in [-0.1, -0.05) is 31.5 Å². The summed E-state index contributed by atoms with van der Waals surface area (Å²) >= 11 is 0. The number of aromatic nitrogens is 1. The third-order valence-electron chi connectivity index (χ3n) is 3.31. The number of rotatable bonds is 7. The zero-order valence-electron chi connectivity index (χ0n) is 12.0. The molecule has 1 unspecified atom stereocenters. The summed E-state index contributed by atoms with van der Waals surface area (Å²) < 4.78 is 24.4. The Kier molecular flexibility index (Phi) is 5.27. The number of nitrogens with zero attached hydrogens (tertiary/aromatic N) is 1. The molecule has 0 bridgehead atoms. The number of nitrogens with one attached hydrogen (secondary N) is 1. The van der Waals surface area contributed by atoms with Crippen LogP contribution in [0.2, 0.25) is 0 Å². The van der Waals surface area contributed by atoms with Crippen LogP contribution in [0.5, 0.6) is 0 Å². The van der Waals surface area contributed by atoms with E-state index in [1.165, 1.54) is 0 Å². The van der Waals surface area contributed by atoms with Gasteiger partial charge >= 0.3 is 0 Å². The van der Waals surface area contributed by atoms with Crippen LogP contribution in [0.25, 0.3) is 10.9 Å². The van der Waals surface area contributed by atoms with Crippen LogP contribution in [0.4, 0.5) is 0 Å². The second kappa shape index (κ2) is 6.98. The highest BCUT2D eigenvalue weighted by Crippen LogP contribution is 2.15. The number of hydrogen-bond donors (Lipinski definition) is 2. The van der Waals surface area contributed by atoms with E-state index in [-0.39, 0.29) is 11.5 Å². The number of sulfone groups is 1. The maximum absolute atomic E-state index is 12.2. The molecule has 2 N–H and O–H groups in total. The lowest BCUT2D eigenvalue weighted by Crippen LogP contribution is -2.33. The van der Waals surface area contributed by atoms with E-state index < -0.39 is 15.9 Å². The average molecular weight is 308 g/mol. The first-order chi connectivity index (χ1) is 10.0. The van der Waals surface area contributed by atoms with Gasteiger partial charge in [0.05, 0.1) is 17.0 Å². The van der Waals surface area contributed by atoms with E-state index in [1.54, 1.807) is 6.20 Å². The quantitative estimate of drug-likeness (QED) is 0.767. The van der Waals surface area contributed by atoms with Gasteiger partial charge in [-0.25, -0.2) is 13.9 Å². The SMILES string of the molecule is CCCC(CS(=O)(=O)Cc1cnc2ccccc2c1)NO. The lowest BCUT2D eigenvalue weighted by molar-refractivity contribution is 0.129. The molecule has 0 aliphatic heterocycles. The maximum Gasteiger partial charge on any atom is 0.156 e. The van der Waals surface area contributed by atoms with Gasteiger partial charge < -0.3 is 5.21 Å². The number of hydroxylamine groups is 1. The van der Waals surface area contributed by atoms with Gasteiger partial charge in [0.2, 0.25) is 0 Å². The highest BCUT2D eigenvalue weighted by molar-refractivity contribution is 7.90. The number of benzene rings is 1. The highest BCUT2D eigenvalue weighted by atomic mass is 32.2. The summed E-state index contributed by atoms with van der Waals surface area (Å²) in [6.45, 7) is 1.95. The first-order valence-corrected chi connectivity index (χ1v) is 8.80. The van der Waals surface area contributed by atoms with E-state index in [0.717, 1.165) is 17.3 Å². The Morgan fingerprint density at radius 3 is 2.81 bits per heavy atom. The standard InChI is InChI=1S/C15H20N2O3S/c1-2-5-14(17-18)11-21(19,20)10-12-8-13-6-3-4-7-15(13)16-9-12/h3-4,6-9,14,17-18H,2,5,10-11H2,1H3. The Hall–Kier alpha value is -1.50. The summed E-state index contributed by atoms with van der Waals surface area (Å²) in [5.74, 6) is -0.142. The van der Waals surface area contributed by atoms with E-state index in [4.69, 9.17) is 5.21 Å². The third kappa shape index (κ3) is 4.49. The summed E-state index contributed by atoms with van der Waals surface area (Å²) in [5.41, 5.74) is 3.59. The van der Waals surface area contributed by atoms with E-state index in [9.17, 15) is 8.42 Å². The molecular formula is C15H20N2O3S. The molecule has 114 valence electrons. The van der Waals surface area contributed by atoms with Crippen LogP contribution in [-0.4, -0.2) is 30.4 Å². The molecule has 1 atom stereocenters. The summed E-state index contributed by atoms with van der Waals surface area (Å²) in [6, 6.07) is 9.02. The van der Waals surface area contributed by atoms with Gasteiger partial charge in [0.15, 0.2) is 9.84 Å². The highest BCUT2D eigenvalue weighted by Gasteiger charge is 2.19. The van der Waals surface area contributed by atoms with Crippen molar-refractivity contribution in [2.75, 3.05) is 5.75 Å². The first-order valence-electron chi connectivity index (χ1n) is 6.98. The molecule has 1 aromatic heterocycles. The molecule has 0 amide bonds. The molecule has 0 fully saturated rings. The topological polar surface area (TPSA) is 79.3 Å². The molecule has 0 aliphatic rings. The van der Waals surface area contributed by atoms with Crippen molar-refractivity contribution in [1.29, 1.82) is 0 Å². The van der Waals surface area contributed by atoms with Crippen molar-refractivity contribution in [2.24, 2.45) is 0 Å². The number of pyridine rings is 1. The molecule has 6 heteroatoms. The lowest BCUT2D eigenvalue weighted by atomic mass is 10.2. The van der Waals surface area contributed by atoms with E-state index in [2.05, 4.69) is 10.5 Å². The minimum atomic E-state index is -3.30. The van der Waals surface area contributed by atoms with E-state index in [1.807, 2.05) is 37.3 Å². The predicted molar refractivity (Wildman–Crippen MR) is 82.9 cm³/mol. The van der Waals surface area contributed by atoms with Crippen molar-refractivity contribution in [1.82, 2.24) is 10.5 Å². The fourth-order valence-corrected chi connectivity index (χ4v) is 3.99. The van der Waals surface area contributed by atoms with Gasteiger partial charge in [0, 0.05) is 17.6 Å². The minimum absolute atomic E-state index is 0.0628. The molecule has 0 spiro atoms. The van der Waals surface area contributed by atoms with E-state index in [0.29, 0.717) is 12.0 Å². The summed E-state index contributed by atoms with van der Waals surface area (Å²) in [7, 11) is -3.30. The molecule has 0 radical (unpaired) electrons. The van der Waals surface area contributed by atoms with Gasteiger partial charge in [0.25, 0.3) is 0 Å². The monoisotopic (exact) mass is 308 g/mol. The van der Waals surface area contributed by atoms with Gasteiger partial charge in [0.1, 0.15) is 0 Å². The normalized spacial score (nSPS) is 13.4. The smallest absolute Gasteiger partial charge is 0.156 e. The molecule has 1 aromatic carbocycles. The van der Waals surface area contributed by atoms with Gasteiger partial charge in [-0.3, -0.25) is 4.98 Å². The van der Waals surface area contributed by atoms with Crippen LogP contribution in [0.1, 0.15) is 25.3 Å². The molecule has 2 aromatic rings. The van der Waals surface area contributed by atoms with Crippen LogP contribution < -0.4 is 5.48 Å². The van der Waals surface area contributed by atoms with Crippen LogP contribution in [-0.2, 0) is 15.6 Å². The van der Waals surface area contributed by atoms with Gasteiger partial charge in [-0.2, -0.15) is 0 Å². The molecule has 21 heavy (non-hydrogen) atoms. The molecule has 1 heterocycles. The number of fused-ring (bicyclic) bond motifs is 1. The summed E-state index contributed by atoms with van der Waals surface area (Å²) in [4.78, 5) is 4.27. The Labute approximate surface area is 124 Å². The summed E-state index contributed by atoms with van der Waals surface area (Å²) in [6.07, 6.45) is 3.03. The fraction of sp³-hybridized carbons (Fsp3) is 0.400. The number of hydrogen-bond acceptors (Lipinski definition) is 5. The van der Waals surface area contributed by atoms with Crippen LogP contribution in [0, 0.1) is 0 Å². The zero-order valence-corrected chi connectivity index (χ0v) is 12.8. The first kappa shape index (κ1) is 15.9. The second-order valence-electron chi connectivity index (χ2n) is 5.21.